The van der Waals surface area contributed by atoms with Crippen LogP contribution >= 0.6 is 0 Å². The molecule has 0 heterocycles. The van der Waals surface area contributed by atoms with Gasteiger partial charge in [-0.2, -0.15) is 0 Å². The summed E-state index contributed by atoms with van der Waals surface area (Å²) in [5.41, 5.74) is 0.986. The molecule has 0 unspecified atom stereocenters. The molecule has 0 atom stereocenters. The molecule has 0 radical (unpaired) electrons. The molecule has 0 spiro atoms. The Morgan fingerprint density at radius 1 is 1.05 bits per heavy atom. The van der Waals surface area contributed by atoms with Crippen LogP contribution in [0.1, 0.15) is 21.5 Å². The SMILES string of the molecule is Cc1c(S(=O)(=O)[O-])c(C=O)c2ccccc2c1C.[Na+]. The molecule has 0 saturated heterocycles. The van der Waals surface area contributed by atoms with Gasteiger partial charge in [-0.25, -0.2) is 8.42 Å². The summed E-state index contributed by atoms with van der Waals surface area (Å²) in [6, 6.07) is 6.94. The molecule has 2 aromatic carbocycles. The van der Waals surface area contributed by atoms with Crippen LogP contribution in [0.5, 0.6) is 0 Å². The van der Waals surface area contributed by atoms with E-state index in [1.54, 1.807) is 38.1 Å². The van der Waals surface area contributed by atoms with E-state index in [9.17, 15) is 17.8 Å². The Bertz CT molecular complexity index is 751. The van der Waals surface area contributed by atoms with Gasteiger partial charge >= 0.3 is 29.6 Å². The quantitative estimate of drug-likeness (QED) is 0.410. The maximum atomic E-state index is 11.3. The second-order valence-corrected chi connectivity index (χ2v) is 5.43. The van der Waals surface area contributed by atoms with Crippen LogP contribution in [0.4, 0.5) is 0 Å². The number of fused-ring (bicyclic) bond motifs is 1. The van der Waals surface area contributed by atoms with E-state index in [1.807, 2.05) is 0 Å². The minimum atomic E-state index is -4.67. The van der Waals surface area contributed by atoms with E-state index in [1.165, 1.54) is 0 Å². The molecule has 0 aliphatic heterocycles. The molecular formula is C13H11NaO4S. The number of carbonyl (C=O) groups is 1. The van der Waals surface area contributed by atoms with Gasteiger partial charge in [0.1, 0.15) is 10.1 Å². The van der Waals surface area contributed by atoms with Crippen molar-refractivity contribution in [2.75, 3.05) is 0 Å². The van der Waals surface area contributed by atoms with Crippen LogP contribution in [0, 0.1) is 13.8 Å². The molecule has 0 amide bonds. The van der Waals surface area contributed by atoms with Crippen molar-refractivity contribution in [1.82, 2.24) is 0 Å². The van der Waals surface area contributed by atoms with Crippen molar-refractivity contribution in [1.29, 1.82) is 0 Å². The second-order valence-electron chi connectivity index (χ2n) is 4.11. The summed E-state index contributed by atoms with van der Waals surface area (Å²) in [5.74, 6) is 0. The number of carbonyl (C=O) groups excluding carboxylic acids is 1. The fraction of sp³-hybridized carbons (Fsp3) is 0.154. The van der Waals surface area contributed by atoms with Crippen molar-refractivity contribution in [3.63, 3.8) is 0 Å². The van der Waals surface area contributed by atoms with Crippen molar-refractivity contribution >= 4 is 27.2 Å². The summed E-state index contributed by atoms with van der Waals surface area (Å²) in [5, 5.41) is 1.27. The fourth-order valence-corrected chi connectivity index (χ4v) is 3.14. The first-order chi connectivity index (χ1) is 8.38. The van der Waals surface area contributed by atoms with Gasteiger partial charge in [0.25, 0.3) is 0 Å². The van der Waals surface area contributed by atoms with Gasteiger partial charge in [0.15, 0.2) is 6.29 Å². The summed E-state index contributed by atoms with van der Waals surface area (Å²) < 4.78 is 33.9. The third kappa shape index (κ3) is 2.75. The predicted molar refractivity (Wildman–Crippen MR) is 66.8 cm³/mol. The molecular weight excluding hydrogens is 275 g/mol. The monoisotopic (exact) mass is 286 g/mol. The Balaban J connectivity index is 0.00000180. The standard InChI is InChI=1S/C13H12O4S.Na/c1-8-9(2)13(18(15,16)17)12(7-14)11-6-4-3-5-10(8)11;/h3-7H,1-2H3,(H,15,16,17);/q;+1/p-1. The number of hydrogen-bond donors (Lipinski definition) is 0. The van der Waals surface area contributed by atoms with E-state index >= 15 is 0 Å². The normalized spacial score (nSPS) is 11.1. The number of hydrogen-bond acceptors (Lipinski definition) is 4. The molecule has 0 bridgehead atoms. The molecule has 2 rings (SSSR count). The van der Waals surface area contributed by atoms with Gasteiger partial charge in [0.05, 0.1) is 4.90 Å². The van der Waals surface area contributed by atoms with Crippen LogP contribution in [-0.4, -0.2) is 19.3 Å². The molecule has 0 aliphatic rings. The van der Waals surface area contributed by atoms with E-state index in [-0.39, 0.29) is 35.1 Å². The Morgan fingerprint density at radius 3 is 2.05 bits per heavy atom. The summed E-state index contributed by atoms with van der Waals surface area (Å²) in [6.45, 7) is 3.28. The summed E-state index contributed by atoms with van der Waals surface area (Å²) >= 11 is 0. The maximum absolute atomic E-state index is 11.3. The van der Waals surface area contributed by atoms with E-state index in [2.05, 4.69) is 0 Å². The second kappa shape index (κ2) is 5.73. The van der Waals surface area contributed by atoms with Crippen LogP contribution in [0.2, 0.25) is 0 Å². The third-order valence-electron chi connectivity index (χ3n) is 3.14. The van der Waals surface area contributed by atoms with E-state index in [4.69, 9.17) is 0 Å². The first-order valence-corrected chi connectivity index (χ1v) is 6.71. The minimum absolute atomic E-state index is 0. The average Bonchev–Trinajstić information content (AvgIpc) is 2.32. The fourth-order valence-electron chi connectivity index (χ4n) is 2.18. The molecule has 0 aliphatic carbocycles. The summed E-state index contributed by atoms with van der Waals surface area (Å²) in [6.07, 6.45) is 0.430. The molecule has 0 saturated carbocycles. The molecule has 19 heavy (non-hydrogen) atoms. The average molecular weight is 286 g/mol. The first kappa shape index (κ1) is 16.3. The van der Waals surface area contributed by atoms with E-state index in [0.717, 1.165) is 5.39 Å². The summed E-state index contributed by atoms with van der Waals surface area (Å²) in [4.78, 5) is 10.7. The van der Waals surface area contributed by atoms with Crippen molar-refractivity contribution in [2.45, 2.75) is 18.7 Å². The zero-order valence-corrected chi connectivity index (χ0v) is 13.7. The number of benzene rings is 2. The number of aldehydes is 1. The van der Waals surface area contributed by atoms with Crippen LogP contribution in [0.3, 0.4) is 0 Å². The van der Waals surface area contributed by atoms with Gasteiger partial charge in [-0.15, -0.1) is 0 Å². The maximum Gasteiger partial charge on any atom is 1.00 e. The van der Waals surface area contributed by atoms with Crippen LogP contribution in [0.25, 0.3) is 10.8 Å². The zero-order valence-electron chi connectivity index (χ0n) is 10.9. The molecule has 0 fully saturated rings. The van der Waals surface area contributed by atoms with Gasteiger partial charge in [0, 0.05) is 5.56 Å². The molecule has 94 valence electrons. The van der Waals surface area contributed by atoms with Crippen molar-refractivity contribution in [2.24, 2.45) is 0 Å². The Morgan fingerprint density at radius 2 is 1.58 bits per heavy atom. The predicted octanol–water partition coefficient (Wildman–Crippen LogP) is -0.823. The molecule has 0 N–H and O–H groups in total. The van der Waals surface area contributed by atoms with Gasteiger partial charge in [-0.3, -0.25) is 4.79 Å². The number of aryl methyl sites for hydroxylation is 1. The molecule has 4 nitrogen and oxygen atoms in total. The van der Waals surface area contributed by atoms with Crippen LogP contribution in [-0.2, 0) is 10.1 Å². The Labute approximate surface area is 133 Å². The topological polar surface area (TPSA) is 74.3 Å². The van der Waals surface area contributed by atoms with Crippen molar-refractivity contribution in [3.8, 4) is 0 Å². The van der Waals surface area contributed by atoms with Gasteiger partial charge in [-0.05, 0) is 35.7 Å². The summed E-state index contributed by atoms with van der Waals surface area (Å²) in [7, 11) is -4.67. The van der Waals surface area contributed by atoms with Crippen molar-refractivity contribution < 1.29 is 47.3 Å². The van der Waals surface area contributed by atoms with Crippen molar-refractivity contribution in [3.05, 3.63) is 41.0 Å². The third-order valence-corrected chi connectivity index (χ3v) is 4.16. The van der Waals surface area contributed by atoms with Gasteiger partial charge < -0.3 is 4.55 Å². The zero-order chi connectivity index (χ0) is 13.5. The van der Waals surface area contributed by atoms with Crippen LogP contribution in [0.15, 0.2) is 29.2 Å². The first-order valence-electron chi connectivity index (χ1n) is 5.31. The van der Waals surface area contributed by atoms with E-state index < -0.39 is 15.0 Å². The number of rotatable bonds is 2. The molecule has 2 aromatic rings. The molecule has 6 heteroatoms. The van der Waals surface area contributed by atoms with Crippen LogP contribution < -0.4 is 29.6 Å². The smallest absolute Gasteiger partial charge is 0.744 e. The van der Waals surface area contributed by atoms with Gasteiger partial charge in [-0.1, -0.05) is 24.3 Å². The largest absolute Gasteiger partial charge is 1.00 e. The molecule has 0 aromatic heterocycles. The van der Waals surface area contributed by atoms with E-state index in [0.29, 0.717) is 22.8 Å². The Hall–Kier alpha value is -0.720. The van der Waals surface area contributed by atoms with Gasteiger partial charge in [0.2, 0.25) is 0 Å². The minimum Gasteiger partial charge on any atom is -0.744 e. The Kier molecular flexibility index (Phi) is 4.92.